The number of ether oxygens (including phenoxy) is 4. The molecule has 0 atom stereocenters. The van der Waals surface area contributed by atoms with E-state index in [4.69, 9.17) is 18.9 Å². The van der Waals surface area contributed by atoms with Gasteiger partial charge in [0.1, 0.15) is 5.75 Å². The quantitative estimate of drug-likeness (QED) is 0.0798. The van der Waals surface area contributed by atoms with Gasteiger partial charge in [0, 0.05) is 14.2 Å². The predicted molar refractivity (Wildman–Crippen MR) is 184 cm³/mol. The summed E-state index contributed by atoms with van der Waals surface area (Å²) in [5, 5.41) is 0. The van der Waals surface area contributed by atoms with Gasteiger partial charge in [-0.25, -0.2) is 9.59 Å². The van der Waals surface area contributed by atoms with E-state index in [1.165, 1.54) is 64.0 Å². The molecule has 6 nitrogen and oxygen atoms in total. The fourth-order valence-corrected chi connectivity index (χ4v) is 7.44. The van der Waals surface area contributed by atoms with Gasteiger partial charge in [-0.05, 0) is 109 Å². The minimum absolute atomic E-state index is 0.149. The SMILES string of the molecule is C=C(COC)C(=O)OCCCc1ccc(-c2ccc(OC(=O)C(=C)COC)c(C3CCC(C4CCC(CCC)CC4)CC3)c2)cc1. The molecule has 0 saturated heterocycles. The minimum Gasteiger partial charge on any atom is -0.462 e. The van der Waals surface area contributed by atoms with Gasteiger partial charge < -0.3 is 18.9 Å². The van der Waals surface area contributed by atoms with Crippen LogP contribution in [0.25, 0.3) is 11.1 Å². The van der Waals surface area contributed by atoms with Crippen LogP contribution in [0.3, 0.4) is 0 Å². The first-order valence-electron chi connectivity index (χ1n) is 17.3. The van der Waals surface area contributed by atoms with E-state index in [2.05, 4.69) is 50.4 Å². The van der Waals surface area contributed by atoms with Gasteiger partial charge in [0.2, 0.25) is 0 Å². The second-order valence-corrected chi connectivity index (χ2v) is 13.3. The third-order valence-electron chi connectivity index (χ3n) is 10.0. The highest BCUT2D eigenvalue weighted by atomic mass is 16.5. The topological polar surface area (TPSA) is 71.1 Å². The molecule has 0 amide bonds. The Labute approximate surface area is 276 Å². The first kappa shape index (κ1) is 35.6. The average molecular weight is 631 g/mol. The molecule has 0 spiro atoms. The molecule has 2 saturated carbocycles. The van der Waals surface area contributed by atoms with Gasteiger partial charge in [0.25, 0.3) is 0 Å². The lowest BCUT2D eigenvalue weighted by atomic mass is 9.68. The largest absolute Gasteiger partial charge is 0.462 e. The Hall–Kier alpha value is -3.22. The molecule has 2 aromatic rings. The van der Waals surface area contributed by atoms with E-state index >= 15 is 0 Å². The normalized spacial score (nSPS) is 21.4. The lowest BCUT2D eigenvalue weighted by Gasteiger charge is -2.38. The standard InChI is InChI=1S/C40H54O6/c1-6-8-30-10-14-32(15-11-30)33-18-20-35(21-19-33)37-25-36(22-23-38(37)46-40(42)29(3)27-44-5)34-16-12-31(13-17-34)9-7-24-45-39(41)28(2)26-43-4/h12-13,16-17,22-23,25,30,32-33,35H,2-3,6-11,14-15,18-21,24,26-27H2,1,4-5H3. The number of carbonyl (C=O) groups excluding carboxylic acids is 2. The number of esters is 2. The van der Waals surface area contributed by atoms with Crippen molar-refractivity contribution in [1.82, 2.24) is 0 Å². The van der Waals surface area contributed by atoms with Gasteiger partial charge in [-0.3, -0.25) is 0 Å². The molecular formula is C40H54O6. The highest BCUT2D eigenvalue weighted by molar-refractivity contribution is 5.90. The van der Waals surface area contributed by atoms with Crippen molar-refractivity contribution >= 4 is 11.9 Å². The first-order valence-corrected chi connectivity index (χ1v) is 17.3. The van der Waals surface area contributed by atoms with E-state index < -0.39 is 11.9 Å². The smallest absolute Gasteiger partial charge is 0.341 e. The molecule has 250 valence electrons. The van der Waals surface area contributed by atoms with E-state index in [-0.39, 0.29) is 13.2 Å². The van der Waals surface area contributed by atoms with Gasteiger partial charge in [0.05, 0.1) is 31.0 Å². The number of aryl methyl sites for hydroxylation is 1. The maximum atomic E-state index is 12.8. The Morgan fingerprint density at radius 1 is 0.761 bits per heavy atom. The fraction of sp³-hybridized carbons (Fsp3) is 0.550. The average Bonchev–Trinajstić information content (AvgIpc) is 3.08. The molecule has 6 heteroatoms. The summed E-state index contributed by atoms with van der Waals surface area (Å²) >= 11 is 0. The maximum Gasteiger partial charge on any atom is 0.341 e. The third kappa shape index (κ3) is 10.1. The number of benzene rings is 2. The van der Waals surface area contributed by atoms with E-state index in [1.54, 1.807) is 7.11 Å². The zero-order valence-electron chi connectivity index (χ0n) is 28.3. The molecule has 2 aromatic carbocycles. The Kier molecular flexibility index (Phi) is 14.1. The van der Waals surface area contributed by atoms with Crippen LogP contribution in [0.1, 0.15) is 94.6 Å². The molecule has 2 fully saturated rings. The number of carbonyl (C=O) groups is 2. The summed E-state index contributed by atoms with van der Waals surface area (Å²) in [6, 6.07) is 14.7. The van der Waals surface area contributed by atoms with Gasteiger partial charge >= 0.3 is 11.9 Å². The molecule has 0 unspecified atom stereocenters. The summed E-state index contributed by atoms with van der Waals surface area (Å²) < 4.78 is 21.3. The number of rotatable bonds is 16. The second-order valence-electron chi connectivity index (χ2n) is 13.3. The highest BCUT2D eigenvalue weighted by Crippen LogP contribution is 2.46. The Morgan fingerprint density at radius 2 is 1.35 bits per heavy atom. The molecule has 0 aliphatic heterocycles. The second kappa shape index (κ2) is 18.2. The Morgan fingerprint density at radius 3 is 1.96 bits per heavy atom. The van der Waals surface area contributed by atoms with Crippen molar-refractivity contribution < 1.29 is 28.5 Å². The Balaban J connectivity index is 1.41. The van der Waals surface area contributed by atoms with Crippen LogP contribution in [0.2, 0.25) is 0 Å². The van der Waals surface area contributed by atoms with Crippen LogP contribution in [0.15, 0.2) is 66.8 Å². The summed E-state index contributed by atoms with van der Waals surface area (Å²) in [6.45, 7) is 10.5. The van der Waals surface area contributed by atoms with E-state index in [1.807, 2.05) is 12.1 Å². The number of hydrogen-bond donors (Lipinski definition) is 0. The first-order chi connectivity index (χ1) is 22.3. The van der Waals surface area contributed by atoms with E-state index in [0.29, 0.717) is 29.4 Å². The lowest BCUT2D eigenvalue weighted by Crippen LogP contribution is -2.25. The summed E-state index contributed by atoms with van der Waals surface area (Å²) in [5.74, 6) is 2.77. The third-order valence-corrected chi connectivity index (χ3v) is 10.0. The van der Waals surface area contributed by atoms with Gasteiger partial charge in [-0.1, -0.05) is 76.1 Å². The molecule has 0 heterocycles. The van der Waals surface area contributed by atoms with Crippen molar-refractivity contribution in [2.45, 2.75) is 89.9 Å². The van der Waals surface area contributed by atoms with Gasteiger partial charge in [-0.2, -0.15) is 0 Å². The van der Waals surface area contributed by atoms with Crippen LogP contribution in [-0.2, 0) is 30.2 Å². The molecule has 2 aliphatic carbocycles. The van der Waals surface area contributed by atoms with Crippen molar-refractivity contribution in [3.63, 3.8) is 0 Å². The summed E-state index contributed by atoms with van der Waals surface area (Å²) in [5.41, 5.74) is 5.16. The molecule has 0 bridgehead atoms. The van der Waals surface area contributed by atoms with Crippen LogP contribution in [0, 0.1) is 17.8 Å². The summed E-state index contributed by atoms with van der Waals surface area (Å²) in [6.07, 6.45) is 14.6. The summed E-state index contributed by atoms with van der Waals surface area (Å²) in [4.78, 5) is 24.7. The van der Waals surface area contributed by atoms with E-state index in [0.717, 1.165) is 60.1 Å². The zero-order chi connectivity index (χ0) is 32.9. The Bertz CT molecular complexity index is 1300. The molecule has 0 N–H and O–H groups in total. The molecule has 2 aliphatic rings. The zero-order valence-corrected chi connectivity index (χ0v) is 28.3. The lowest BCUT2D eigenvalue weighted by molar-refractivity contribution is -0.139. The van der Waals surface area contributed by atoms with Crippen molar-refractivity contribution in [1.29, 1.82) is 0 Å². The van der Waals surface area contributed by atoms with Crippen LogP contribution in [-0.4, -0.2) is 46.0 Å². The molecule has 46 heavy (non-hydrogen) atoms. The molecule has 0 aromatic heterocycles. The van der Waals surface area contributed by atoms with Crippen LogP contribution < -0.4 is 4.74 Å². The molecule has 4 rings (SSSR count). The van der Waals surface area contributed by atoms with Crippen molar-refractivity contribution in [2.24, 2.45) is 17.8 Å². The minimum atomic E-state index is -0.439. The summed E-state index contributed by atoms with van der Waals surface area (Å²) in [7, 11) is 3.08. The van der Waals surface area contributed by atoms with E-state index in [9.17, 15) is 9.59 Å². The van der Waals surface area contributed by atoms with Crippen molar-refractivity contribution in [2.75, 3.05) is 34.0 Å². The predicted octanol–water partition coefficient (Wildman–Crippen LogP) is 9.02. The number of methoxy groups -OCH3 is 2. The van der Waals surface area contributed by atoms with Crippen LogP contribution in [0.4, 0.5) is 0 Å². The number of hydrogen-bond acceptors (Lipinski definition) is 6. The molecule has 0 radical (unpaired) electrons. The monoisotopic (exact) mass is 630 g/mol. The highest BCUT2D eigenvalue weighted by Gasteiger charge is 2.32. The fourth-order valence-electron chi connectivity index (χ4n) is 7.44. The van der Waals surface area contributed by atoms with Crippen molar-refractivity contribution in [3.05, 3.63) is 77.9 Å². The van der Waals surface area contributed by atoms with Gasteiger partial charge in [-0.15, -0.1) is 0 Å². The van der Waals surface area contributed by atoms with Crippen LogP contribution in [0.5, 0.6) is 5.75 Å². The molecular weight excluding hydrogens is 576 g/mol. The van der Waals surface area contributed by atoms with Gasteiger partial charge in [0.15, 0.2) is 0 Å². The van der Waals surface area contributed by atoms with Crippen molar-refractivity contribution in [3.8, 4) is 16.9 Å². The maximum absolute atomic E-state index is 12.8. The van der Waals surface area contributed by atoms with Crippen LogP contribution >= 0.6 is 0 Å².